The van der Waals surface area contributed by atoms with Crippen LogP contribution >= 0.6 is 0 Å². The van der Waals surface area contributed by atoms with Gasteiger partial charge in [0, 0.05) is 14.2 Å². The van der Waals surface area contributed by atoms with E-state index in [1.807, 2.05) is 7.05 Å². The van der Waals surface area contributed by atoms with Crippen molar-refractivity contribution in [2.45, 2.75) is 38.1 Å². The minimum atomic E-state index is -0.319. The number of ether oxygens (including phenoxy) is 1. The van der Waals surface area contributed by atoms with Crippen LogP contribution in [0.2, 0.25) is 0 Å². The maximum Gasteiger partial charge on any atom is 0.229 e. The van der Waals surface area contributed by atoms with Gasteiger partial charge in [-0.3, -0.25) is 9.48 Å². The topological polar surface area (TPSA) is 69.0 Å². The van der Waals surface area contributed by atoms with Gasteiger partial charge in [-0.05, 0) is 31.6 Å². The number of nitrogens with one attached hydrogen (secondary N) is 1. The van der Waals surface area contributed by atoms with Crippen LogP contribution in [0.3, 0.4) is 0 Å². The molecule has 1 aromatic heterocycles. The van der Waals surface area contributed by atoms with Gasteiger partial charge in [0.2, 0.25) is 5.91 Å². The Morgan fingerprint density at radius 1 is 1.60 bits per heavy atom. The van der Waals surface area contributed by atoms with E-state index in [9.17, 15) is 4.79 Å². The fraction of sp³-hybridized carbons (Fsp3) is 0.786. The molecule has 1 atom stereocenters. The Morgan fingerprint density at radius 2 is 2.35 bits per heavy atom. The third-order valence-corrected chi connectivity index (χ3v) is 4.62. The van der Waals surface area contributed by atoms with E-state index >= 15 is 0 Å². The first-order valence-electron chi connectivity index (χ1n) is 7.30. The fourth-order valence-electron chi connectivity index (χ4n) is 3.02. The standard InChI is InChI=1S/C14H22N4O2/c1-18-12(15-9-16-18)11(10-4-5-10)17-13(19)14(8-20-2)6-3-7-14/h9-11H,3-8H2,1-2H3,(H,17,19)/t11-/m1/s1. The van der Waals surface area contributed by atoms with Gasteiger partial charge in [0.05, 0.1) is 18.1 Å². The average molecular weight is 278 g/mol. The molecular formula is C14H22N4O2. The van der Waals surface area contributed by atoms with Gasteiger partial charge < -0.3 is 10.1 Å². The lowest BCUT2D eigenvalue weighted by molar-refractivity contribution is -0.141. The van der Waals surface area contributed by atoms with Crippen LogP contribution in [0.5, 0.6) is 0 Å². The van der Waals surface area contributed by atoms with Crippen LogP contribution in [0.4, 0.5) is 0 Å². The molecule has 6 heteroatoms. The van der Waals surface area contributed by atoms with Gasteiger partial charge >= 0.3 is 0 Å². The van der Waals surface area contributed by atoms with Gasteiger partial charge in [-0.25, -0.2) is 4.98 Å². The van der Waals surface area contributed by atoms with Crippen LogP contribution in [0, 0.1) is 11.3 Å². The van der Waals surface area contributed by atoms with E-state index in [1.54, 1.807) is 18.1 Å². The molecule has 2 aliphatic rings. The second kappa shape index (κ2) is 5.16. The van der Waals surface area contributed by atoms with Gasteiger partial charge in [0.25, 0.3) is 0 Å². The smallest absolute Gasteiger partial charge is 0.229 e. The van der Waals surface area contributed by atoms with Crippen LogP contribution in [-0.2, 0) is 16.6 Å². The van der Waals surface area contributed by atoms with Crippen molar-refractivity contribution in [2.24, 2.45) is 18.4 Å². The predicted molar refractivity (Wildman–Crippen MR) is 72.8 cm³/mol. The molecule has 110 valence electrons. The molecule has 0 aromatic carbocycles. The molecule has 2 aliphatic carbocycles. The van der Waals surface area contributed by atoms with Crippen molar-refractivity contribution >= 4 is 5.91 Å². The van der Waals surface area contributed by atoms with Gasteiger partial charge in [-0.15, -0.1) is 0 Å². The Balaban J connectivity index is 1.74. The molecule has 0 unspecified atom stereocenters. The van der Waals surface area contributed by atoms with Crippen molar-refractivity contribution < 1.29 is 9.53 Å². The highest BCUT2D eigenvalue weighted by Crippen LogP contribution is 2.44. The molecular weight excluding hydrogens is 256 g/mol. The summed E-state index contributed by atoms with van der Waals surface area (Å²) >= 11 is 0. The molecule has 1 amide bonds. The first-order valence-corrected chi connectivity index (χ1v) is 7.30. The lowest BCUT2D eigenvalue weighted by Crippen LogP contribution is -2.50. The molecule has 1 aromatic rings. The zero-order valence-corrected chi connectivity index (χ0v) is 12.1. The number of hydrogen-bond acceptors (Lipinski definition) is 4. The summed E-state index contributed by atoms with van der Waals surface area (Å²) in [5.41, 5.74) is -0.319. The first kappa shape index (κ1) is 13.5. The van der Waals surface area contributed by atoms with E-state index in [1.165, 1.54) is 0 Å². The molecule has 6 nitrogen and oxygen atoms in total. The first-order chi connectivity index (χ1) is 9.66. The summed E-state index contributed by atoms with van der Waals surface area (Å²) in [6.45, 7) is 0.509. The zero-order chi connectivity index (χ0) is 14.2. The SMILES string of the molecule is COCC1(C(=O)N[C@@H](c2ncnn2C)C2CC2)CCC1. The maximum absolute atomic E-state index is 12.6. The van der Waals surface area contributed by atoms with Crippen LogP contribution in [0.15, 0.2) is 6.33 Å². The van der Waals surface area contributed by atoms with Gasteiger partial charge in [0.15, 0.2) is 0 Å². The fourth-order valence-corrected chi connectivity index (χ4v) is 3.02. The third kappa shape index (κ3) is 2.32. The zero-order valence-electron chi connectivity index (χ0n) is 12.1. The molecule has 0 saturated heterocycles. The number of aromatic nitrogens is 3. The number of amides is 1. The van der Waals surface area contributed by atoms with E-state index < -0.39 is 0 Å². The lowest BCUT2D eigenvalue weighted by atomic mass is 9.68. The van der Waals surface area contributed by atoms with Crippen molar-refractivity contribution in [3.05, 3.63) is 12.2 Å². The summed E-state index contributed by atoms with van der Waals surface area (Å²) < 4.78 is 7.01. The minimum absolute atomic E-state index is 0.00988. The molecule has 0 spiro atoms. The van der Waals surface area contributed by atoms with Crippen molar-refractivity contribution in [3.63, 3.8) is 0 Å². The van der Waals surface area contributed by atoms with Crippen molar-refractivity contribution in [2.75, 3.05) is 13.7 Å². The Bertz CT molecular complexity index is 491. The quantitative estimate of drug-likeness (QED) is 0.849. The Labute approximate surface area is 118 Å². The molecule has 0 bridgehead atoms. The monoisotopic (exact) mass is 278 g/mol. The summed E-state index contributed by atoms with van der Waals surface area (Å²) in [6, 6.07) is -0.00988. The summed E-state index contributed by atoms with van der Waals surface area (Å²) in [7, 11) is 3.53. The van der Waals surface area contributed by atoms with Crippen molar-refractivity contribution in [1.82, 2.24) is 20.1 Å². The van der Waals surface area contributed by atoms with E-state index in [-0.39, 0.29) is 17.4 Å². The second-order valence-electron chi connectivity index (χ2n) is 6.10. The van der Waals surface area contributed by atoms with Crippen LogP contribution in [-0.4, -0.2) is 34.4 Å². The number of methoxy groups -OCH3 is 1. The molecule has 0 aliphatic heterocycles. The predicted octanol–water partition coefficient (Wildman–Crippen LogP) is 1.20. The van der Waals surface area contributed by atoms with Gasteiger partial charge in [0.1, 0.15) is 12.2 Å². The lowest BCUT2D eigenvalue weighted by Gasteiger charge is -2.40. The Morgan fingerprint density at radius 3 is 2.80 bits per heavy atom. The highest BCUT2D eigenvalue weighted by molar-refractivity contribution is 5.84. The maximum atomic E-state index is 12.6. The van der Waals surface area contributed by atoms with Gasteiger partial charge in [-0.2, -0.15) is 5.10 Å². The number of carbonyl (C=O) groups is 1. The van der Waals surface area contributed by atoms with E-state index in [4.69, 9.17) is 4.74 Å². The van der Waals surface area contributed by atoms with E-state index in [0.29, 0.717) is 12.5 Å². The van der Waals surface area contributed by atoms with E-state index in [2.05, 4.69) is 15.4 Å². The van der Waals surface area contributed by atoms with Crippen LogP contribution < -0.4 is 5.32 Å². The van der Waals surface area contributed by atoms with Crippen LogP contribution in [0.25, 0.3) is 0 Å². The summed E-state index contributed by atoms with van der Waals surface area (Å²) in [6.07, 6.45) is 6.79. The summed E-state index contributed by atoms with van der Waals surface area (Å²) in [5.74, 6) is 1.47. The number of carbonyl (C=O) groups excluding carboxylic acids is 1. The Hall–Kier alpha value is -1.43. The molecule has 20 heavy (non-hydrogen) atoms. The van der Waals surface area contributed by atoms with Crippen LogP contribution in [0.1, 0.15) is 44.0 Å². The third-order valence-electron chi connectivity index (χ3n) is 4.62. The molecule has 1 N–H and O–H groups in total. The molecule has 1 heterocycles. The Kier molecular flexibility index (Phi) is 3.50. The van der Waals surface area contributed by atoms with Crippen molar-refractivity contribution in [3.8, 4) is 0 Å². The largest absolute Gasteiger partial charge is 0.384 e. The number of hydrogen-bond donors (Lipinski definition) is 1. The number of nitrogens with zero attached hydrogens (tertiary/aromatic N) is 3. The van der Waals surface area contributed by atoms with Crippen molar-refractivity contribution in [1.29, 1.82) is 0 Å². The molecule has 0 radical (unpaired) electrons. The molecule has 2 fully saturated rings. The second-order valence-corrected chi connectivity index (χ2v) is 6.10. The summed E-state index contributed by atoms with van der Waals surface area (Å²) in [5, 5.41) is 7.32. The molecule has 3 rings (SSSR count). The highest BCUT2D eigenvalue weighted by Gasteiger charge is 2.46. The average Bonchev–Trinajstić information content (AvgIpc) is 3.13. The number of rotatable bonds is 6. The highest BCUT2D eigenvalue weighted by atomic mass is 16.5. The van der Waals surface area contributed by atoms with Gasteiger partial charge in [-0.1, -0.05) is 6.42 Å². The number of aryl methyl sites for hydroxylation is 1. The summed E-state index contributed by atoms with van der Waals surface area (Å²) in [4.78, 5) is 16.9. The minimum Gasteiger partial charge on any atom is -0.384 e. The molecule has 2 saturated carbocycles. The normalized spacial score (nSPS) is 22.1. The van der Waals surface area contributed by atoms with E-state index in [0.717, 1.165) is 37.9 Å².